The third-order valence-corrected chi connectivity index (χ3v) is 10.5. The first-order chi connectivity index (χ1) is 20.7. The molecule has 0 amide bonds. The van der Waals surface area contributed by atoms with Gasteiger partial charge in [-0.1, -0.05) is 126 Å². The van der Waals surface area contributed by atoms with Crippen molar-refractivity contribution in [3.8, 4) is 0 Å². The molecule has 0 bridgehead atoms. The number of benzene rings is 4. The first-order valence-corrected chi connectivity index (χ1v) is 18.2. The molecule has 2 aromatic heterocycles. The van der Waals surface area contributed by atoms with Crippen LogP contribution >= 0.6 is 23.5 Å². The van der Waals surface area contributed by atoms with Gasteiger partial charge in [0.25, 0.3) is 0 Å². The van der Waals surface area contributed by atoms with Gasteiger partial charge in [-0.2, -0.15) is 0 Å². The minimum Gasteiger partial charge on any atom is -0.450 e. The van der Waals surface area contributed by atoms with Crippen molar-refractivity contribution in [3.05, 3.63) is 60.7 Å². The van der Waals surface area contributed by atoms with Crippen LogP contribution in [0.5, 0.6) is 0 Å². The minimum atomic E-state index is 0.981. The summed E-state index contributed by atoms with van der Waals surface area (Å²) in [7, 11) is 0. The lowest BCUT2D eigenvalue weighted by Gasteiger charge is -2.08. The summed E-state index contributed by atoms with van der Waals surface area (Å²) in [6, 6.07) is 22.6. The molecule has 6 aromatic rings. The lowest BCUT2D eigenvalue weighted by atomic mass is 9.96. The Morgan fingerprint density at radius 2 is 0.857 bits per heavy atom. The molecule has 0 fully saturated rings. The zero-order valence-electron chi connectivity index (χ0n) is 25.3. The maximum Gasteiger partial charge on any atom is 0.161 e. The molecule has 42 heavy (non-hydrogen) atoms. The summed E-state index contributed by atoms with van der Waals surface area (Å²) in [5, 5.41) is 12.0. The molecule has 0 atom stereocenters. The Kier molecular flexibility index (Phi) is 10.0. The lowest BCUT2D eigenvalue weighted by molar-refractivity contribution is 0.514. The number of thioether (sulfide) groups is 2. The molecular formula is C38H44O2S2. The van der Waals surface area contributed by atoms with Gasteiger partial charge in [0.05, 0.1) is 0 Å². The minimum absolute atomic E-state index is 0.981. The molecule has 6 rings (SSSR count). The van der Waals surface area contributed by atoms with E-state index in [9.17, 15) is 0 Å². The van der Waals surface area contributed by atoms with E-state index in [4.69, 9.17) is 8.83 Å². The average Bonchev–Trinajstić information content (AvgIpc) is 3.59. The van der Waals surface area contributed by atoms with Gasteiger partial charge in [0.15, 0.2) is 10.2 Å². The van der Waals surface area contributed by atoms with Crippen LogP contribution in [-0.4, -0.2) is 11.5 Å². The zero-order chi connectivity index (χ0) is 28.7. The molecule has 0 aliphatic heterocycles. The molecule has 4 aromatic carbocycles. The van der Waals surface area contributed by atoms with Crippen molar-refractivity contribution >= 4 is 77.8 Å². The highest BCUT2D eigenvalue weighted by Crippen LogP contribution is 2.38. The van der Waals surface area contributed by atoms with Crippen molar-refractivity contribution in [2.24, 2.45) is 0 Å². The molecular weight excluding hydrogens is 553 g/mol. The highest BCUT2D eigenvalue weighted by atomic mass is 32.2. The van der Waals surface area contributed by atoms with Gasteiger partial charge in [0, 0.05) is 22.3 Å². The second-order valence-corrected chi connectivity index (χ2v) is 14.0. The zero-order valence-corrected chi connectivity index (χ0v) is 26.9. The van der Waals surface area contributed by atoms with E-state index in [0.29, 0.717) is 0 Å². The van der Waals surface area contributed by atoms with Crippen molar-refractivity contribution < 1.29 is 8.83 Å². The predicted molar refractivity (Wildman–Crippen MR) is 187 cm³/mol. The van der Waals surface area contributed by atoms with Gasteiger partial charge in [-0.3, -0.25) is 0 Å². The summed E-state index contributed by atoms with van der Waals surface area (Å²) in [6.07, 6.45) is 15.9. The Morgan fingerprint density at radius 3 is 1.31 bits per heavy atom. The normalized spacial score (nSPS) is 12.1. The molecule has 220 valence electrons. The van der Waals surface area contributed by atoms with E-state index in [2.05, 4.69) is 74.5 Å². The molecule has 0 spiro atoms. The van der Waals surface area contributed by atoms with Gasteiger partial charge >= 0.3 is 0 Å². The standard InChI is InChI=1S/C38H44O2S2/c1-3-5-7-9-11-13-19-41-37-23-29-21-27-15-17-32-31(33(27)25-35(29)39-37)18-16-28-22-30-24-38(40-36(30)26-34(28)32)42-20-14-12-10-8-6-4-2/h15-18,21-26H,3-14,19-20H2,1-2H3. The smallest absolute Gasteiger partial charge is 0.161 e. The number of hydrogen-bond donors (Lipinski definition) is 0. The number of rotatable bonds is 16. The van der Waals surface area contributed by atoms with E-state index in [-0.39, 0.29) is 0 Å². The highest BCUT2D eigenvalue weighted by Gasteiger charge is 2.12. The third-order valence-electron chi connectivity index (χ3n) is 8.55. The highest BCUT2D eigenvalue weighted by molar-refractivity contribution is 7.99. The average molecular weight is 597 g/mol. The molecule has 2 heterocycles. The SMILES string of the molecule is CCCCCCCCSc1cc2cc3ccc4c5cc6oc(SCCCCCCCC)cc6cc5ccc4c3cc2o1. The molecule has 2 nitrogen and oxygen atoms in total. The van der Waals surface area contributed by atoms with Crippen LogP contribution in [0.3, 0.4) is 0 Å². The van der Waals surface area contributed by atoms with E-state index in [0.717, 1.165) is 32.9 Å². The maximum atomic E-state index is 6.33. The lowest BCUT2D eigenvalue weighted by Crippen LogP contribution is -1.81. The van der Waals surface area contributed by atoms with Crippen LogP contribution in [0.2, 0.25) is 0 Å². The molecule has 0 N–H and O–H groups in total. The molecule has 0 radical (unpaired) electrons. The van der Waals surface area contributed by atoms with E-state index in [1.165, 1.54) is 120 Å². The van der Waals surface area contributed by atoms with Crippen LogP contribution in [-0.2, 0) is 0 Å². The van der Waals surface area contributed by atoms with Crippen molar-refractivity contribution in [1.29, 1.82) is 0 Å². The summed E-state index contributed by atoms with van der Waals surface area (Å²) in [4.78, 5) is 0. The number of hydrogen-bond acceptors (Lipinski definition) is 4. The van der Waals surface area contributed by atoms with Crippen molar-refractivity contribution in [2.45, 2.75) is 101 Å². The van der Waals surface area contributed by atoms with E-state index < -0.39 is 0 Å². The fourth-order valence-corrected chi connectivity index (χ4v) is 7.97. The summed E-state index contributed by atoms with van der Waals surface area (Å²) >= 11 is 3.71. The largest absolute Gasteiger partial charge is 0.450 e. The first kappa shape index (κ1) is 29.5. The second kappa shape index (κ2) is 14.3. The summed E-state index contributed by atoms with van der Waals surface area (Å²) < 4.78 is 12.7. The van der Waals surface area contributed by atoms with Gasteiger partial charge in [-0.25, -0.2) is 0 Å². The summed E-state index contributed by atoms with van der Waals surface area (Å²) in [5.74, 6) is 2.25. The summed E-state index contributed by atoms with van der Waals surface area (Å²) in [5.41, 5.74) is 1.96. The van der Waals surface area contributed by atoms with Crippen LogP contribution < -0.4 is 0 Å². The van der Waals surface area contributed by atoms with Crippen molar-refractivity contribution in [1.82, 2.24) is 0 Å². The second-order valence-electron chi connectivity index (χ2n) is 11.8. The topological polar surface area (TPSA) is 26.3 Å². The van der Waals surface area contributed by atoms with E-state index in [1.807, 2.05) is 23.5 Å². The molecule has 4 heteroatoms. The number of fused-ring (bicyclic) bond motifs is 7. The molecule has 0 saturated carbocycles. The Bertz CT molecular complexity index is 1650. The Balaban J connectivity index is 1.20. The fraction of sp³-hybridized carbons (Fsp3) is 0.421. The van der Waals surface area contributed by atoms with Crippen LogP contribution in [0.25, 0.3) is 54.3 Å². The van der Waals surface area contributed by atoms with Gasteiger partial charge < -0.3 is 8.83 Å². The summed E-state index contributed by atoms with van der Waals surface area (Å²) in [6.45, 7) is 4.55. The van der Waals surface area contributed by atoms with Crippen LogP contribution in [0, 0.1) is 0 Å². The van der Waals surface area contributed by atoms with E-state index >= 15 is 0 Å². The maximum absolute atomic E-state index is 6.33. The predicted octanol–water partition coefficient (Wildman–Crippen LogP) is 13.5. The van der Waals surface area contributed by atoms with Crippen LogP contribution in [0.4, 0.5) is 0 Å². The van der Waals surface area contributed by atoms with Gasteiger partial charge in [-0.05, 0) is 81.6 Å². The van der Waals surface area contributed by atoms with Crippen molar-refractivity contribution in [3.63, 3.8) is 0 Å². The van der Waals surface area contributed by atoms with Crippen LogP contribution in [0.15, 0.2) is 79.7 Å². The van der Waals surface area contributed by atoms with Gasteiger partial charge in [0.2, 0.25) is 0 Å². The Hall–Kier alpha value is -2.56. The Morgan fingerprint density at radius 1 is 0.429 bits per heavy atom. The Labute approximate surface area is 259 Å². The number of furan rings is 2. The monoisotopic (exact) mass is 596 g/mol. The van der Waals surface area contributed by atoms with Gasteiger partial charge in [0.1, 0.15) is 11.2 Å². The fourth-order valence-electron chi connectivity index (χ4n) is 6.15. The molecule has 0 saturated heterocycles. The van der Waals surface area contributed by atoms with Crippen LogP contribution in [0.1, 0.15) is 90.9 Å². The van der Waals surface area contributed by atoms with Gasteiger partial charge in [-0.15, -0.1) is 0 Å². The van der Waals surface area contributed by atoms with E-state index in [1.54, 1.807) is 0 Å². The quantitative estimate of drug-likeness (QED) is 0.0630. The molecule has 0 unspecified atom stereocenters. The molecule has 0 aliphatic rings. The number of unbranched alkanes of at least 4 members (excludes halogenated alkanes) is 10. The third kappa shape index (κ3) is 6.81. The van der Waals surface area contributed by atoms with Crippen molar-refractivity contribution in [2.75, 3.05) is 11.5 Å². The first-order valence-electron chi connectivity index (χ1n) is 16.3. The molecule has 0 aliphatic carbocycles.